The molecular weight excluding hydrogens is 508 g/mol. The van der Waals surface area contributed by atoms with Crippen molar-refractivity contribution in [2.24, 2.45) is 4.99 Å². The molecule has 0 radical (unpaired) electrons. The van der Waals surface area contributed by atoms with E-state index in [2.05, 4.69) is 20.9 Å². The molecule has 1 aromatic heterocycles. The van der Waals surface area contributed by atoms with E-state index in [9.17, 15) is 14.7 Å². The molecule has 2 heterocycles. The maximum absolute atomic E-state index is 13.6. The highest BCUT2D eigenvalue weighted by Crippen LogP contribution is 2.34. The number of ether oxygens (including phenoxy) is 2. The van der Waals surface area contributed by atoms with Gasteiger partial charge >= 0.3 is 5.97 Å². The van der Waals surface area contributed by atoms with Crippen molar-refractivity contribution in [1.29, 1.82) is 0 Å². The zero-order chi connectivity index (χ0) is 23.7. The van der Waals surface area contributed by atoms with E-state index < -0.39 is 12.0 Å². The second-order valence-electron chi connectivity index (χ2n) is 7.26. The molecule has 3 aromatic rings. The van der Waals surface area contributed by atoms with Crippen LogP contribution in [-0.4, -0.2) is 29.4 Å². The molecule has 33 heavy (non-hydrogen) atoms. The fourth-order valence-electron chi connectivity index (χ4n) is 3.74. The van der Waals surface area contributed by atoms with Gasteiger partial charge in [0.2, 0.25) is 0 Å². The summed E-state index contributed by atoms with van der Waals surface area (Å²) in [6.45, 7) is 3.69. The van der Waals surface area contributed by atoms with Gasteiger partial charge in [0.1, 0.15) is 0 Å². The molecule has 0 bridgehead atoms. The van der Waals surface area contributed by atoms with Crippen LogP contribution in [0, 0.1) is 0 Å². The van der Waals surface area contributed by atoms with E-state index in [1.807, 2.05) is 30.3 Å². The van der Waals surface area contributed by atoms with E-state index in [4.69, 9.17) is 9.47 Å². The third-order valence-electron chi connectivity index (χ3n) is 5.21. The van der Waals surface area contributed by atoms with Crippen molar-refractivity contribution < 1.29 is 19.4 Å². The van der Waals surface area contributed by atoms with E-state index in [0.717, 1.165) is 5.56 Å². The third-order valence-corrected chi connectivity index (χ3v) is 6.65. The summed E-state index contributed by atoms with van der Waals surface area (Å²) in [6, 6.07) is 12.0. The molecule has 0 fully saturated rings. The summed E-state index contributed by atoms with van der Waals surface area (Å²) in [6.07, 6.45) is 1.60. The number of phenolic OH excluding ortho intramolecular Hbond substituents is 1. The van der Waals surface area contributed by atoms with Gasteiger partial charge in [-0.05, 0) is 37.6 Å². The monoisotopic (exact) mass is 528 g/mol. The van der Waals surface area contributed by atoms with Crippen LogP contribution < -0.4 is 19.6 Å². The molecule has 1 aliphatic rings. The second-order valence-corrected chi connectivity index (χ2v) is 9.18. The number of thiazole rings is 1. The Labute approximate surface area is 202 Å². The number of hydrogen-bond acceptors (Lipinski definition) is 7. The molecule has 0 aliphatic carbocycles. The van der Waals surface area contributed by atoms with Gasteiger partial charge < -0.3 is 14.6 Å². The molecule has 0 spiro atoms. The average Bonchev–Trinajstić information content (AvgIpc) is 3.10. The summed E-state index contributed by atoms with van der Waals surface area (Å²) in [5.41, 5.74) is 1.70. The minimum absolute atomic E-state index is 0.0745. The summed E-state index contributed by atoms with van der Waals surface area (Å²) in [7, 11) is 1.46. The maximum Gasteiger partial charge on any atom is 0.338 e. The average molecular weight is 529 g/mol. The number of carbonyl (C=O) groups is 1. The number of allylic oxidation sites excluding steroid dienone is 1. The largest absolute Gasteiger partial charge is 0.504 e. The number of phenols is 1. The third kappa shape index (κ3) is 4.26. The van der Waals surface area contributed by atoms with Gasteiger partial charge in [-0.1, -0.05) is 57.6 Å². The predicted octanol–water partition coefficient (Wildman–Crippen LogP) is 3.28. The highest BCUT2D eigenvalue weighted by atomic mass is 79.9. The van der Waals surface area contributed by atoms with E-state index in [1.165, 1.54) is 23.0 Å². The molecule has 2 aromatic carbocycles. The molecule has 4 rings (SSSR count). The number of aromatic nitrogens is 1. The van der Waals surface area contributed by atoms with E-state index in [0.29, 0.717) is 30.6 Å². The Hall–Kier alpha value is -3.17. The van der Waals surface area contributed by atoms with Gasteiger partial charge in [-0.25, -0.2) is 9.79 Å². The van der Waals surface area contributed by atoms with Crippen molar-refractivity contribution in [2.45, 2.75) is 19.9 Å². The van der Waals surface area contributed by atoms with Crippen LogP contribution in [0.2, 0.25) is 0 Å². The van der Waals surface area contributed by atoms with Gasteiger partial charge in [-0.3, -0.25) is 9.36 Å². The summed E-state index contributed by atoms with van der Waals surface area (Å²) in [4.78, 5) is 31.4. The quantitative estimate of drug-likeness (QED) is 0.513. The van der Waals surface area contributed by atoms with E-state index in [-0.39, 0.29) is 23.7 Å². The van der Waals surface area contributed by atoms with Crippen molar-refractivity contribution in [3.63, 3.8) is 0 Å². The van der Waals surface area contributed by atoms with Crippen LogP contribution in [0.25, 0.3) is 6.08 Å². The lowest BCUT2D eigenvalue weighted by Gasteiger charge is -2.24. The Bertz CT molecular complexity index is 1440. The van der Waals surface area contributed by atoms with E-state index >= 15 is 0 Å². The fraction of sp³-hybridized carbons (Fsp3) is 0.208. The molecule has 9 heteroatoms. The lowest BCUT2D eigenvalue weighted by Crippen LogP contribution is -2.39. The Morgan fingerprint density at radius 1 is 1.30 bits per heavy atom. The van der Waals surface area contributed by atoms with Crippen molar-refractivity contribution in [3.05, 3.63) is 89.0 Å². The smallest absolute Gasteiger partial charge is 0.338 e. The standard InChI is InChI=1S/C24H21BrN2O5S/c1-4-32-23(30)19-13(2)26-24-27(20(19)14-8-6-5-7-9-14)22(29)18(33-24)11-15-10-16(25)12-17(31-3)21(15)28/h5-12,20,28H,4H2,1-3H3/b18-11+/t20-/m1/s1. The van der Waals surface area contributed by atoms with Gasteiger partial charge in [-0.2, -0.15) is 0 Å². The van der Waals surface area contributed by atoms with Crippen LogP contribution in [0.4, 0.5) is 0 Å². The number of methoxy groups -OCH3 is 1. The maximum atomic E-state index is 13.6. The van der Waals surface area contributed by atoms with Crippen LogP contribution in [-0.2, 0) is 9.53 Å². The number of aromatic hydroxyl groups is 1. The van der Waals surface area contributed by atoms with Crippen molar-refractivity contribution >= 4 is 39.3 Å². The van der Waals surface area contributed by atoms with Crippen LogP contribution in [0.15, 0.2) is 68.0 Å². The number of esters is 1. The van der Waals surface area contributed by atoms with Crippen molar-refractivity contribution in [1.82, 2.24) is 4.57 Å². The number of rotatable bonds is 5. The molecule has 1 N–H and O–H groups in total. The summed E-state index contributed by atoms with van der Waals surface area (Å²) in [5.74, 6) is -0.295. The Balaban J connectivity index is 1.97. The lowest BCUT2D eigenvalue weighted by atomic mass is 9.96. The van der Waals surface area contributed by atoms with Crippen LogP contribution in [0.5, 0.6) is 11.5 Å². The number of benzene rings is 2. The predicted molar refractivity (Wildman–Crippen MR) is 129 cm³/mol. The summed E-state index contributed by atoms with van der Waals surface area (Å²) >= 11 is 4.58. The van der Waals surface area contributed by atoms with Gasteiger partial charge in [0.25, 0.3) is 5.56 Å². The number of hydrogen-bond donors (Lipinski definition) is 1. The molecule has 170 valence electrons. The normalized spacial score (nSPS) is 15.8. The Kier molecular flexibility index (Phi) is 6.53. The first-order valence-electron chi connectivity index (χ1n) is 10.2. The molecular formula is C24H21BrN2O5S. The molecule has 0 saturated carbocycles. The lowest BCUT2D eigenvalue weighted by molar-refractivity contribution is -0.139. The highest BCUT2D eigenvalue weighted by Gasteiger charge is 2.33. The molecule has 1 atom stereocenters. The summed E-state index contributed by atoms with van der Waals surface area (Å²) < 4.78 is 13.1. The number of halogens is 1. The Morgan fingerprint density at radius 2 is 2.03 bits per heavy atom. The SMILES string of the molecule is CCOC(=O)C1=C(C)N=c2s/c(=C/c3cc(Br)cc(OC)c3O)c(=O)n2[C@@H]1c1ccccc1. The zero-order valence-electron chi connectivity index (χ0n) is 18.2. The fourth-order valence-corrected chi connectivity index (χ4v) is 5.24. The topological polar surface area (TPSA) is 90.1 Å². The first-order chi connectivity index (χ1) is 15.8. The minimum Gasteiger partial charge on any atom is -0.504 e. The van der Waals surface area contributed by atoms with Crippen LogP contribution in [0.1, 0.15) is 31.0 Å². The van der Waals surface area contributed by atoms with Crippen LogP contribution >= 0.6 is 27.3 Å². The first kappa shape index (κ1) is 23.0. The first-order valence-corrected chi connectivity index (χ1v) is 11.8. The van der Waals surface area contributed by atoms with Crippen molar-refractivity contribution in [3.8, 4) is 11.5 Å². The van der Waals surface area contributed by atoms with Gasteiger partial charge in [-0.15, -0.1) is 0 Å². The molecule has 0 unspecified atom stereocenters. The molecule has 0 amide bonds. The minimum atomic E-state index is -0.672. The zero-order valence-corrected chi connectivity index (χ0v) is 20.6. The van der Waals surface area contributed by atoms with Crippen LogP contribution in [0.3, 0.4) is 0 Å². The number of fused-ring (bicyclic) bond motifs is 1. The van der Waals surface area contributed by atoms with Gasteiger partial charge in [0, 0.05) is 10.0 Å². The molecule has 7 nitrogen and oxygen atoms in total. The highest BCUT2D eigenvalue weighted by molar-refractivity contribution is 9.10. The van der Waals surface area contributed by atoms with Gasteiger partial charge in [0.05, 0.1) is 35.6 Å². The molecule has 1 aliphatic heterocycles. The van der Waals surface area contributed by atoms with Crippen molar-refractivity contribution in [2.75, 3.05) is 13.7 Å². The number of carbonyl (C=O) groups excluding carboxylic acids is 1. The summed E-state index contributed by atoms with van der Waals surface area (Å²) in [5, 5.41) is 10.5. The molecule has 0 saturated heterocycles. The number of nitrogens with zero attached hydrogens (tertiary/aromatic N) is 2. The van der Waals surface area contributed by atoms with Gasteiger partial charge in [0.15, 0.2) is 16.3 Å². The Morgan fingerprint density at radius 3 is 2.70 bits per heavy atom. The second kappa shape index (κ2) is 9.36. The van der Waals surface area contributed by atoms with E-state index in [1.54, 1.807) is 32.1 Å².